The van der Waals surface area contributed by atoms with Gasteiger partial charge in [-0.25, -0.2) is 0 Å². The van der Waals surface area contributed by atoms with E-state index in [0.717, 1.165) is 30.6 Å². The minimum Gasteiger partial charge on any atom is -0.490 e. The number of rotatable bonds is 7. The van der Waals surface area contributed by atoms with Crippen LogP contribution in [0.5, 0.6) is 5.75 Å². The van der Waals surface area contributed by atoms with Gasteiger partial charge < -0.3 is 15.4 Å². The van der Waals surface area contributed by atoms with Gasteiger partial charge in [0.2, 0.25) is 11.8 Å². The third-order valence-corrected chi connectivity index (χ3v) is 7.18. The fourth-order valence-corrected chi connectivity index (χ4v) is 5.30. The first-order valence-corrected chi connectivity index (χ1v) is 11.4. The van der Waals surface area contributed by atoms with Gasteiger partial charge in [-0.1, -0.05) is 30.4 Å². The van der Waals surface area contributed by atoms with Crippen LogP contribution >= 0.6 is 0 Å². The third kappa shape index (κ3) is 3.70. The first-order valence-electron chi connectivity index (χ1n) is 11.4. The molecule has 1 aromatic carbocycles. The summed E-state index contributed by atoms with van der Waals surface area (Å²) >= 11 is 0. The van der Waals surface area contributed by atoms with Gasteiger partial charge in [0, 0.05) is 32.2 Å². The van der Waals surface area contributed by atoms with Crippen molar-refractivity contribution in [3.63, 3.8) is 0 Å². The highest BCUT2D eigenvalue weighted by Crippen LogP contribution is 2.52. The molecule has 1 aliphatic heterocycles. The number of amides is 2. The Morgan fingerprint density at radius 1 is 1.10 bits per heavy atom. The predicted molar refractivity (Wildman–Crippen MR) is 117 cm³/mol. The molecule has 1 heterocycles. The first-order chi connectivity index (χ1) is 15.2. The summed E-state index contributed by atoms with van der Waals surface area (Å²) in [5.41, 5.74) is 1.08. The Morgan fingerprint density at radius 2 is 1.81 bits per heavy atom. The van der Waals surface area contributed by atoms with E-state index in [4.69, 9.17) is 4.74 Å². The molecule has 2 bridgehead atoms. The smallest absolute Gasteiger partial charge is 0.233 e. The Bertz CT molecular complexity index is 893. The van der Waals surface area contributed by atoms with Crippen LogP contribution < -0.4 is 15.4 Å². The van der Waals surface area contributed by atoms with Gasteiger partial charge in [-0.2, -0.15) is 0 Å². The molecular formula is C24H30N4O3. The number of ether oxygens (including phenoxy) is 1. The zero-order valence-corrected chi connectivity index (χ0v) is 17.9. The normalized spacial score (nSPS) is 29.3. The SMILES string of the molecule is CN=C(NCCN1C(=O)C2C3C=CC(C3)C2C1=O)NCc1ccccc1OC1CCC1. The van der Waals surface area contributed by atoms with Crippen molar-refractivity contribution in [1.82, 2.24) is 15.5 Å². The number of carbonyl (C=O) groups excluding carboxylic acids is 2. The van der Waals surface area contributed by atoms with Crippen LogP contribution in [0.3, 0.4) is 0 Å². The zero-order chi connectivity index (χ0) is 21.4. The number of likely N-dealkylation sites (tertiary alicyclic amines) is 1. The first kappa shape index (κ1) is 20.1. The molecule has 1 saturated heterocycles. The highest BCUT2D eigenvalue weighted by molar-refractivity contribution is 6.06. The maximum atomic E-state index is 12.8. The molecule has 5 rings (SSSR count). The highest BCUT2D eigenvalue weighted by atomic mass is 16.5. The van der Waals surface area contributed by atoms with E-state index in [1.54, 1.807) is 7.05 Å². The quantitative estimate of drug-likeness (QED) is 0.304. The number of allylic oxidation sites excluding steroid dienone is 2. The number of para-hydroxylation sites is 1. The van der Waals surface area contributed by atoms with Crippen LogP contribution in [-0.2, 0) is 16.1 Å². The van der Waals surface area contributed by atoms with Crippen LogP contribution in [-0.4, -0.2) is 48.9 Å². The molecule has 7 nitrogen and oxygen atoms in total. The molecule has 4 aliphatic rings. The van der Waals surface area contributed by atoms with Crippen molar-refractivity contribution in [3.8, 4) is 5.75 Å². The number of imide groups is 1. The van der Waals surface area contributed by atoms with Crippen LogP contribution in [0.1, 0.15) is 31.2 Å². The molecule has 7 heteroatoms. The Hall–Kier alpha value is -2.83. The second kappa shape index (κ2) is 8.36. The van der Waals surface area contributed by atoms with E-state index in [1.807, 2.05) is 18.2 Å². The van der Waals surface area contributed by atoms with Gasteiger partial charge >= 0.3 is 0 Å². The maximum absolute atomic E-state index is 12.8. The van der Waals surface area contributed by atoms with Crippen molar-refractivity contribution in [2.45, 2.75) is 38.3 Å². The van der Waals surface area contributed by atoms with Crippen molar-refractivity contribution < 1.29 is 14.3 Å². The van der Waals surface area contributed by atoms with Gasteiger partial charge in [0.15, 0.2) is 5.96 Å². The maximum Gasteiger partial charge on any atom is 0.233 e. The third-order valence-electron chi connectivity index (χ3n) is 7.18. The summed E-state index contributed by atoms with van der Waals surface area (Å²) in [6.07, 6.45) is 9.02. The molecule has 2 amide bonds. The number of benzene rings is 1. The molecular weight excluding hydrogens is 392 g/mol. The molecule has 4 unspecified atom stereocenters. The van der Waals surface area contributed by atoms with E-state index >= 15 is 0 Å². The van der Waals surface area contributed by atoms with E-state index in [0.29, 0.717) is 31.7 Å². The second-order valence-electron chi connectivity index (χ2n) is 8.96. The Balaban J connectivity index is 1.12. The van der Waals surface area contributed by atoms with Crippen molar-refractivity contribution in [2.75, 3.05) is 20.1 Å². The van der Waals surface area contributed by atoms with Crippen LogP contribution in [0.25, 0.3) is 0 Å². The van der Waals surface area contributed by atoms with Crippen LogP contribution in [0.4, 0.5) is 0 Å². The molecule has 0 aromatic heterocycles. The average Bonchev–Trinajstić information content (AvgIpc) is 3.43. The molecule has 1 aromatic rings. The van der Waals surface area contributed by atoms with Crippen molar-refractivity contribution in [2.24, 2.45) is 28.7 Å². The fraction of sp³-hybridized carbons (Fsp3) is 0.542. The van der Waals surface area contributed by atoms with Gasteiger partial charge in [0.1, 0.15) is 5.75 Å². The summed E-state index contributed by atoms with van der Waals surface area (Å²) < 4.78 is 6.09. The summed E-state index contributed by atoms with van der Waals surface area (Å²) in [6.45, 7) is 1.43. The minimum absolute atomic E-state index is 0.00123. The van der Waals surface area contributed by atoms with Crippen LogP contribution in [0.15, 0.2) is 41.4 Å². The summed E-state index contributed by atoms with van der Waals surface area (Å²) in [4.78, 5) is 31.3. The zero-order valence-electron chi connectivity index (χ0n) is 17.9. The summed E-state index contributed by atoms with van der Waals surface area (Å²) in [6, 6.07) is 8.06. The average molecular weight is 423 g/mol. The standard InChI is InChI=1S/C24H30N4O3/c1-25-24(27-14-17-5-2-3-8-19(17)31-18-6-4-7-18)26-11-12-28-22(29)20-15-9-10-16(13-15)21(20)23(28)30/h2-3,5,8-10,15-16,18,20-21H,4,6-7,11-14H2,1H3,(H2,25,26,27). The van der Waals surface area contributed by atoms with Gasteiger partial charge in [-0.3, -0.25) is 19.5 Å². The molecule has 31 heavy (non-hydrogen) atoms. The molecule has 4 atom stereocenters. The second-order valence-corrected chi connectivity index (χ2v) is 8.96. The lowest BCUT2D eigenvalue weighted by Crippen LogP contribution is -2.43. The molecule has 2 N–H and O–H groups in total. The molecule has 0 spiro atoms. The number of hydrogen-bond donors (Lipinski definition) is 2. The van der Waals surface area contributed by atoms with Crippen molar-refractivity contribution in [1.29, 1.82) is 0 Å². The summed E-state index contributed by atoms with van der Waals surface area (Å²) in [5, 5.41) is 6.54. The Labute approximate surface area is 182 Å². The largest absolute Gasteiger partial charge is 0.490 e. The lowest BCUT2D eigenvalue weighted by atomic mass is 9.85. The number of nitrogens with one attached hydrogen (secondary N) is 2. The lowest BCUT2D eigenvalue weighted by Gasteiger charge is -2.27. The number of fused-ring (bicyclic) bond motifs is 5. The van der Waals surface area contributed by atoms with Crippen LogP contribution in [0.2, 0.25) is 0 Å². The molecule has 3 fully saturated rings. The monoisotopic (exact) mass is 422 g/mol. The summed E-state index contributed by atoms with van der Waals surface area (Å²) in [7, 11) is 1.71. The number of aliphatic imine (C=N–C) groups is 1. The van der Waals surface area contributed by atoms with Gasteiger partial charge in [-0.05, 0) is 43.6 Å². The molecule has 2 saturated carbocycles. The fourth-order valence-electron chi connectivity index (χ4n) is 5.30. The minimum atomic E-state index is -0.132. The number of nitrogens with zero attached hydrogens (tertiary/aromatic N) is 2. The summed E-state index contributed by atoms with van der Waals surface area (Å²) in [5.74, 6) is 1.79. The van der Waals surface area contributed by atoms with Gasteiger partial charge in [0.25, 0.3) is 0 Å². The van der Waals surface area contributed by atoms with Gasteiger partial charge in [-0.15, -0.1) is 0 Å². The lowest BCUT2D eigenvalue weighted by molar-refractivity contribution is -0.140. The molecule has 164 valence electrons. The van der Waals surface area contributed by atoms with E-state index < -0.39 is 0 Å². The van der Waals surface area contributed by atoms with Crippen molar-refractivity contribution >= 4 is 17.8 Å². The van der Waals surface area contributed by atoms with E-state index in [9.17, 15) is 9.59 Å². The van der Waals surface area contributed by atoms with Crippen LogP contribution in [0, 0.1) is 23.7 Å². The Morgan fingerprint density at radius 3 is 2.45 bits per heavy atom. The van der Waals surface area contributed by atoms with Gasteiger partial charge in [0.05, 0.1) is 17.9 Å². The van der Waals surface area contributed by atoms with Crippen molar-refractivity contribution in [3.05, 3.63) is 42.0 Å². The van der Waals surface area contributed by atoms with E-state index in [2.05, 4.69) is 33.8 Å². The topological polar surface area (TPSA) is 83.0 Å². The van der Waals surface area contributed by atoms with E-state index in [-0.39, 0.29) is 35.5 Å². The van der Waals surface area contributed by atoms with E-state index in [1.165, 1.54) is 11.3 Å². The number of carbonyl (C=O) groups is 2. The number of hydrogen-bond acceptors (Lipinski definition) is 4. The Kier molecular flexibility index (Phi) is 5.42. The molecule has 0 radical (unpaired) electrons. The highest BCUT2D eigenvalue weighted by Gasteiger charge is 2.58. The predicted octanol–water partition coefficient (Wildman–Crippen LogP) is 2.09. The number of guanidine groups is 1. The molecule has 3 aliphatic carbocycles.